The Morgan fingerprint density at radius 1 is 1.25 bits per heavy atom. The molecule has 0 spiro atoms. The van der Waals surface area contributed by atoms with E-state index in [4.69, 9.17) is 16.2 Å². The van der Waals surface area contributed by atoms with Crippen molar-refractivity contribution in [3.63, 3.8) is 0 Å². The van der Waals surface area contributed by atoms with E-state index in [1.54, 1.807) is 0 Å². The summed E-state index contributed by atoms with van der Waals surface area (Å²) in [5.74, 6) is 3.88. The summed E-state index contributed by atoms with van der Waals surface area (Å²) in [6, 6.07) is 8.32. The molecule has 0 bridgehead atoms. The molecular formula is C15H26N3OS+. The van der Waals surface area contributed by atoms with Crippen LogP contribution >= 0.6 is 11.8 Å². The van der Waals surface area contributed by atoms with Crippen LogP contribution in [0.25, 0.3) is 0 Å². The SMILES string of the molecule is CC(C)CCOc1ccc(CSCC[NH+]=C(N)N)cc1. The Bertz CT molecular complexity index is 400. The van der Waals surface area contributed by atoms with E-state index in [-0.39, 0.29) is 5.96 Å². The Labute approximate surface area is 126 Å². The van der Waals surface area contributed by atoms with Crippen LogP contribution in [-0.2, 0) is 5.75 Å². The summed E-state index contributed by atoms with van der Waals surface area (Å²) < 4.78 is 5.69. The highest BCUT2D eigenvalue weighted by Gasteiger charge is 1.98. The maximum Gasteiger partial charge on any atom is 0.338 e. The van der Waals surface area contributed by atoms with E-state index in [0.717, 1.165) is 36.8 Å². The molecule has 0 amide bonds. The first-order chi connectivity index (χ1) is 9.58. The zero-order chi connectivity index (χ0) is 14.8. The van der Waals surface area contributed by atoms with Crippen molar-refractivity contribution >= 4 is 17.7 Å². The number of rotatable bonds is 9. The van der Waals surface area contributed by atoms with Crippen molar-refractivity contribution in [1.82, 2.24) is 0 Å². The van der Waals surface area contributed by atoms with Gasteiger partial charge in [-0.15, -0.1) is 0 Å². The molecule has 1 aromatic rings. The van der Waals surface area contributed by atoms with Gasteiger partial charge in [0.05, 0.1) is 13.2 Å². The van der Waals surface area contributed by atoms with Gasteiger partial charge in [-0.1, -0.05) is 26.0 Å². The smallest absolute Gasteiger partial charge is 0.338 e. The van der Waals surface area contributed by atoms with E-state index in [1.807, 2.05) is 23.9 Å². The lowest BCUT2D eigenvalue weighted by Crippen LogP contribution is -2.78. The molecule has 0 saturated heterocycles. The van der Waals surface area contributed by atoms with Gasteiger partial charge >= 0.3 is 5.96 Å². The molecular weight excluding hydrogens is 270 g/mol. The van der Waals surface area contributed by atoms with E-state index in [2.05, 4.69) is 31.0 Å². The van der Waals surface area contributed by atoms with Crippen molar-refractivity contribution in [3.05, 3.63) is 29.8 Å². The zero-order valence-electron chi connectivity index (χ0n) is 12.4. The predicted octanol–water partition coefficient (Wildman–Crippen LogP) is 0.699. The Morgan fingerprint density at radius 3 is 2.55 bits per heavy atom. The molecule has 4 nitrogen and oxygen atoms in total. The van der Waals surface area contributed by atoms with Crippen molar-refractivity contribution < 1.29 is 9.73 Å². The third-order valence-electron chi connectivity index (χ3n) is 2.73. The average molecular weight is 296 g/mol. The summed E-state index contributed by atoms with van der Waals surface area (Å²) in [5, 5.41) is 0. The molecule has 0 heterocycles. The van der Waals surface area contributed by atoms with Gasteiger partial charge in [0.2, 0.25) is 0 Å². The zero-order valence-corrected chi connectivity index (χ0v) is 13.2. The minimum Gasteiger partial charge on any atom is -0.494 e. The molecule has 0 atom stereocenters. The quantitative estimate of drug-likeness (QED) is 0.356. The summed E-state index contributed by atoms with van der Waals surface area (Å²) in [6.07, 6.45) is 1.09. The first-order valence-corrected chi connectivity index (χ1v) is 8.14. The molecule has 112 valence electrons. The van der Waals surface area contributed by atoms with Crippen LogP contribution < -0.4 is 21.2 Å². The van der Waals surface area contributed by atoms with Crippen molar-refractivity contribution in [2.75, 3.05) is 18.9 Å². The van der Waals surface area contributed by atoms with Crippen molar-refractivity contribution in [3.8, 4) is 5.75 Å². The van der Waals surface area contributed by atoms with Crippen LogP contribution in [0.4, 0.5) is 0 Å². The molecule has 0 aliphatic rings. The highest BCUT2D eigenvalue weighted by atomic mass is 32.2. The molecule has 20 heavy (non-hydrogen) atoms. The van der Waals surface area contributed by atoms with E-state index >= 15 is 0 Å². The second kappa shape index (κ2) is 9.53. The standard InChI is InChI=1S/C15H25N3OS/c1-12(2)7-9-19-14-5-3-13(4-6-14)11-20-10-8-18-15(16)17/h3-6,12H,7-11H2,1-2H3,(H4,16,17,18)/p+1. The summed E-state index contributed by atoms with van der Waals surface area (Å²) in [6.45, 7) is 5.99. The topological polar surface area (TPSA) is 75.2 Å². The maximum absolute atomic E-state index is 5.69. The van der Waals surface area contributed by atoms with Crippen LogP contribution in [0.2, 0.25) is 0 Å². The largest absolute Gasteiger partial charge is 0.494 e. The third kappa shape index (κ3) is 7.94. The second-order valence-electron chi connectivity index (χ2n) is 5.11. The lowest BCUT2D eigenvalue weighted by molar-refractivity contribution is -0.453. The first-order valence-electron chi connectivity index (χ1n) is 6.99. The van der Waals surface area contributed by atoms with Gasteiger partial charge in [-0.2, -0.15) is 11.8 Å². The molecule has 0 saturated carbocycles. The molecule has 0 fully saturated rings. The summed E-state index contributed by atoms with van der Waals surface area (Å²) in [7, 11) is 0. The Hall–Kier alpha value is -1.36. The lowest BCUT2D eigenvalue weighted by atomic mass is 10.1. The molecule has 0 aliphatic heterocycles. The van der Waals surface area contributed by atoms with Crippen LogP contribution in [0, 0.1) is 5.92 Å². The maximum atomic E-state index is 5.69. The van der Waals surface area contributed by atoms with E-state index < -0.39 is 0 Å². The lowest BCUT2D eigenvalue weighted by Gasteiger charge is -2.08. The van der Waals surface area contributed by atoms with E-state index in [9.17, 15) is 0 Å². The number of guanidine groups is 1. The van der Waals surface area contributed by atoms with Gasteiger partial charge in [0.15, 0.2) is 0 Å². The van der Waals surface area contributed by atoms with Gasteiger partial charge < -0.3 is 4.74 Å². The highest BCUT2D eigenvalue weighted by Crippen LogP contribution is 2.17. The van der Waals surface area contributed by atoms with Gasteiger partial charge in [0, 0.05) is 11.5 Å². The van der Waals surface area contributed by atoms with Crippen LogP contribution in [0.3, 0.4) is 0 Å². The number of ether oxygens (including phenoxy) is 1. The van der Waals surface area contributed by atoms with Crippen molar-refractivity contribution in [2.45, 2.75) is 26.0 Å². The summed E-state index contributed by atoms with van der Waals surface area (Å²) in [4.78, 5) is 2.90. The minimum atomic E-state index is 0.286. The fourth-order valence-electron chi connectivity index (χ4n) is 1.55. The molecule has 5 heteroatoms. The molecule has 5 N–H and O–H groups in total. The predicted molar refractivity (Wildman–Crippen MR) is 86.8 cm³/mol. The van der Waals surface area contributed by atoms with Gasteiger partial charge in [0.1, 0.15) is 5.75 Å². The Balaban J connectivity index is 2.23. The Kier molecular flexibility index (Phi) is 7.95. The van der Waals surface area contributed by atoms with Gasteiger partial charge in [-0.25, -0.2) is 0 Å². The second-order valence-corrected chi connectivity index (χ2v) is 6.21. The fraction of sp³-hybridized carbons (Fsp3) is 0.533. The van der Waals surface area contributed by atoms with E-state index in [0.29, 0.717) is 5.92 Å². The number of nitrogens with two attached hydrogens (primary N) is 2. The summed E-state index contributed by atoms with van der Waals surface area (Å²) >= 11 is 1.85. The number of hydrogen-bond donors (Lipinski definition) is 3. The molecule has 1 rings (SSSR count). The van der Waals surface area contributed by atoms with Crippen LogP contribution in [0.1, 0.15) is 25.8 Å². The van der Waals surface area contributed by atoms with Crippen molar-refractivity contribution in [2.24, 2.45) is 17.4 Å². The van der Waals surface area contributed by atoms with Crippen LogP contribution in [0.5, 0.6) is 5.75 Å². The normalized spacial score (nSPS) is 10.6. The number of thioether (sulfide) groups is 1. The fourth-order valence-corrected chi connectivity index (χ4v) is 2.37. The van der Waals surface area contributed by atoms with Crippen LogP contribution in [0.15, 0.2) is 24.3 Å². The van der Waals surface area contributed by atoms with E-state index in [1.165, 1.54) is 5.56 Å². The molecule has 1 aromatic carbocycles. The van der Waals surface area contributed by atoms with Crippen molar-refractivity contribution in [1.29, 1.82) is 0 Å². The average Bonchev–Trinajstić information content (AvgIpc) is 2.39. The van der Waals surface area contributed by atoms with Gasteiger partial charge in [0.25, 0.3) is 0 Å². The highest BCUT2D eigenvalue weighted by molar-refractivity contribution is 7.98. The first kappa shape index (κ1) is 16.7. The monoisotopic (exact) mass is 296 g/mol. The minimum absolute atomic E-state index is 0.286. The molecule has 0 aromatic heterocycles. The molecule has 0 radical (unpaired) electrons. The third-order valence-corrected chi connectivity index (χ3v) is 3.76. The number of nitrogens with one attached hydrogen (secondary N) is 1. The molecule has 0 aliphatic carbocycles. The number of hydrogen-bond acceptors (Lipinski definition) is 2. The molecule has 0 unspecified atom stereocenters. The van der Waals surface area contributed by atoms with Crippen LogP contribution in [-0.4, -0.2) is 24.9 Å². The summed E-state index contributed by atoms with van der Waals surface area (Å²) in [5.41, 5.74) is 11.9. The van der Waals surface area contributed by atoms with Gasteiger partial charge in [-0.05, 0) is 30.0 Å². The number of benzene rings is 1. The van der Waals surface area contributed by atoms with Gasteiger partial charge in [-0.3, -0.25) is 16.5 Å². The Morgan fingerprint density at radius 2 is 1.95 bits per heavy atom.